The number of fused-ring (bicyclic) bond motifs is 2. The summed E-state index contributed by atoms with van der Waals surface area (Å²) in [6.07, 6.45) is 1.55. The van der Waals surface area contributed by atoms with Crippen molar-refractivity contribution in [3.05, 3.63) is 65.2 Å². The van der Waals surface area contributed by atoms with E-state index >= 15 is 0 Å². The third-order valence-electron chi connectivity index (χ3n) is 4.67. The Bertz CT molecular complexity index is 729. The van der Waals surface area contributed by atoms with Crippen LogP contribution in [0.15, 0.2) is 48.5 Å². The number of amides is 1. The topological polar surface area (TPSA) is 50.4 Å². The second kappa shape index (κ2) is 6.05. The molecule has 23 heavy (non-hydrogen) atoms. The van der Waals surface area contributed by atoms with Gasteiger partial charge < -0.3 is 15.4 Å². The van der Waals surface area contributed by atoms with E-state index in [2.05, 4.69) is 22.8 Å². The molecule has 2 N–H and O–H groups in total. The van der Waals surface area contributed by atoms with Crippen LogP contribution in [0.4, 0.5) is 0 Å². The average molecular weight is 308 g/mol. The maximum atomic E-state index is 12.7. The van der Waals surface area contributed by atoms with Crippen molar-refractivity contribution in [2.45, 2.75) is 31.5 Å². The van der Waals surface area contributed by atoms with E-state index in [1.54, 1.807) is 0 Å². The van der Waals surface area contributed by atoms with E-state index in [1.807, 2.05) is 36.4 Å². The molecule has 0 saturated carbocycles. The van der Waals surface area contributed by atoms with Crippen molar-refractivity contribution in [2.75, 3.05) is 6.61 Å². The van der Waals surface area contributed by atoms with Crippen LogP contribution in [-0.2, 0) is 17.8 Å². The maximum Gasteiger partial charge on any atom is 0.237 e. The summed E-state index contributed by atoms with van der Waals surface area (Å²) in [7, 11) is 0. The van der Waals surface area contributed by atoms with Crippen molar-refractivity contribution in [1.82, 2.24) is 10.6 Å². The standard InChI is InChI=1S/C19H20N2O2/c22-19(17-11-13-5-1-2-6-14(13)12-20-17)21-16-9-10-23-18-8-4-3-7-15(16)18/h1-8,16-17,20H,9-12H2,(H,21,22). The minimum atomic E-state index is -0.167. The first-order chi connectivity index (χ1) is 11.3. The smallest absolute Gasteiger partial charge is 0.237 e. The van der Waals surface area contributed by atoms with E-state index in [0.717, 1.165) is 30.7 Å². The fraction of sp³-hybridized carbons (Fsp3) is 0.316. The van der Waals surface area contributed by atoms with Crippen LogP contribution in [0.25, 0.3) is 0 Å². The molecule has 4 heteroatoms. The summed E-state index contributed by atoms with van der Waals surface area (Å²) in [6, 6.07) is 16.1. The average Bonchev–Trinajstić information content (AvgIpc) is 2.61. The molecule has 4 nitrogen and oxygen atoms in total. The molecule has 0 fully saturated rings. The highest BCUT2D eigenvalue weighted by Crippen LogP contribution is 2.31. The summed E-state index contributed by atoms with van der Waals surface area (Å²) in [5, 5.41) is 6.54. The molecule has 2 unspecified atom stereocenters. The van der Waals surface area contributed by atoms with Crippen LogP contribution in [0.1, 0.15) is 29.2 Å². The molecule has 0 radical (unpaired) electrons. The normalized spacial score (nSPS) is 22.4. The van der Waals surface area contributed by atoms with E-state index in [4.69, 9.17) is 4.74 Å². The summed E-state index contributed by atoms with van der Waals surface area (Å²) in [4.78, 5) is 12.7. The van der Waals surface area contributed by atoms with Gasteiger partial charge in [-0.3, -0.25) is 4.79 Å². The van der Waals surface area contributed by atoms with Gasteiger partial charge in [-0.2, -0.15) is 0 Å². The SMILES string of the molecule is O=C(NC1CCOc2ccccc21)C1Cc2ccccc2CN1. The molecule has 2 heterocycles. The Balaban J connectivity index is 1.47. The molecular formula is C19H20N2O2. The van der Waals surface area contributed by atoms with E-state index in [1.165, 1.54) is 11.1 Å². The highest BCUT2D eigenvalue weighted by molar-refractivity contribution is 5.83. The number of carbonyl (C=O) groups excluding carboxylic acids is 1. The Labute approximate surface area is 135 Å². The molecule has 0 spiro atoms. The van der Waals surface area contributed by atoms with Gasteiger partial charge >= 0.3 is 0 Å². The highest BCUT2D eigenvalue weighted by Gasteiger charge is 2.28. The van der Waals surface area contributed by atoms with E-state index in [-0.39, 0.29) is 18.0 Å². The molecule has 2 aromatic rings. The number of benzene rings is 2. The number of ether oxygens (including phenoxy) is 1. The van der Waals surface area contributed by atoms with E-state index in [9.17, 15) is 4.79 Å². The number of hydrogen-bond donors (Lipinski definition) is 2. The summed E-state index contributed by atoms with van der Waals surface area (Å²) in [5.41, 5.74) is 3.62. The van der Waals surface area contributed by atoms with Crippen LogP contribution in [0.2, 0.25) is 0 Å². The molecule has 2 aliphatic heterocycles. The Morgan fingerprint density at radius 1 is 1.09 bits per heavy atom. The van der Waals surface area contributed by atoms with Crippen LogP contribution in [0.5, 0.6) is 5.75 Å². The van der Waals surface area contributed by atoms with Gasteiger partial charge in [0.15, 0.2) is 0 Å². The van der Waals surface area contributed by atoms with Gasteiger partial charge in [0.1, 0.15) is 5.75 Å². The zero-order chi connectivity index (χ0) is 15.6. The fourth-order valence-electron chi connectivity index (χ4n) is 3.40. The van der Waals surface area contributed by atoms with Gasteiger partial charge in [0, 0.05) is 18.5 Å². The van der Waals surface area contributed by atoms with E-state index in [0.29, 0.717) is 6.61 Å². The van der Waals surface area contributed by atoms with Crippen molar-refractivity contribution in [1.29, 1.82) is 0 Å². The molecule has 2 aliphatic rings. The predicted molar refractivity (Wildman–Crippen MR) is 88.2 cm³/mol. The third-order valence-corrected chi connectivity index (χ3v) is 4.67. The van der Waals surface area contributed by atoms with Crippen LogP contribution >= 0.6 is 0 Å². The third kappa shape index (κ3) is 2.82. The number of hydrogen-bond acceptors (Lipinski definition) is 3. The predicted octanol–water partition coefficient (Wildman–Crippen LogP) is 2.34. The Hall–Kier alpha value is -2.33. The van der Waals surface area contributed by atoms with Gasteiger partial charge in [0.2, 0.25) is 5.91 Å². The first-order valence-corrected chi connectivity index (χ1v) is 8.13. The number of rotatable bonds is 2. The highest BCUT2D eigenvalue weighted by atomic mass is 16.5. The van der Waals surface area contributed by atoms with Gasteiger partial charge in [-0.15, -0.1) is 0 Å². The van der Waals surface area contributed by atoms with Gasteiger partial charge in [0.05, 0.1) is 18.7 Å². The van der Waals surface area contributed by atoms with Crippen molar-refractivity contribution in [3.8, 4) is 5.75 Å². The maximum absolute atomic E-state index is 12.7. The number of nitrogens with one attached hydrogen (secondary N) is 2. The summed E-state index contributed by atoms with van der Waals surface area (Å²) < 4.78 is 5.66. The zero-order valence-electron chi connectivity index (χ0n) is 12.9. The van der Waals surface area contributed by atoms with Crippen molar-refractivity contribution < 1.29 is 9.53 Å². The summed E-state index contributed by atoms with van der Waals surface area (Å²) in [5.74, 6) is 0.951. The zero-order valence-corrected chi connectivity index (χ0v) is 12.9. The first-order valence-electron chi connectivity index (χ1n) is 8.13. The molecule has 0 bridgehead atoms. The first kappa shape index (κ1) is 14.3. The second-order valence-corrected chi connectivity index (χ2v) is 6.14. The summed E-state index contributed by atoms with van der Waals surface area (Å²) in [6.45, 7) is 1.39. The number of para-hydroxylation sites is 1. The largest absolute Gasteiger partial charge is 0.493 e. The van der Waals surface area contributed by atoms with Crippen LogP contribution in [0, 0.1) is 0 Å². The number of carbonyl (C=O) groups is 1. The monoisotopic (exact) mass is 308 g/mol. The lowest BCUT2D eigenvalue weighted by molar-refractivity contribution is -0.124. The van der Waals surface area contributed by atoms with Gasteiger partial charge in [0.25, 0.3) is 0 Å². The lowest BCUT2D eigenvalue weighted by Gasteiger charge is -2.30. The molecular weight excluding hydrogens is 288 g/mol. The van der Waals surface area contributed by atoms with Gasteiger partial charge in [-0.05, 0) is 23.6 Å². The minimum Gasteiger partial charge on any atom is -0.493 e. The molecule has 2 aromatic carbocycles. The molecule has 0 aromatic heterocycles. The quantitative estimate of drug-likeness (QED) is 0.895. The molecule has 118 valence electrons. The Morgan fingerprint density at radius 2 is 1.87 bits per heavy atom. The summed E-state index contributed by atoms with van der Waals surface area (Å²) >= 11 is 0. The minimum absolute atomic E-state index is 0.0337. The van der Waals surface area contributed by atoms with E-state index < -0.39 is 0 Å². The molecule has 4 rings (SSSR count). The molecule has 0 aliphatic carbocycles. The second-order valence-electron chi connectivity index (χ2n) is 6.14. The van der Waals surface area contributed by atoms with Crippen molar-refractivity contribution >= 4 is 5.91 Å². The molecule has 0 saturated heterocycles. The van der Waals surface area contributed by atoms with Crippen LogP contribution in [-0.4, -0.2) is 18.6 Å². The van der Waals surface area contributed by atoms with Gasteiger partial charge in [-0.1, -0.05) is 42.5 Å². The van der Waals surface area contributed by atoms with Gasteiger partial charge in [-0.25, -0.2) is 0 Å². The molecule has 1 amide bonds. The lowest BCUT2D eigenvalue weighted by atomic mass is 9.94. The fourth-order valence-corrected chi connectivity index (χ4v) is 3.40. The van der Waals surface area contributed by atoms with Crippen LogP contribution in [0.3, 0.4) is 0 Å². The lowest BCUT2D eigenvalue weighted by Crippen LogP contribution is -2.49. The molecule has 2 atom stereocenters. The van der Waals surface area contributed by atoms with Crippen molar-refractivity contribution in [2.24, 2.45) is 0 Å². The Morgan fingerprint density at radius 3 is 2.78 bits per heavy atom. The Kier molecular flexibility index (Phi) is 3.75. The van der Waals surface area contributed by atoms with Crippen molar-refractivity contribution in [3.63, 3.8) is 0 Å². The van der Waals surface area contributed by atoms with Crippen LogP contribution < -0.4 is 15.4 Å².